The molecule has 0 aliphatic carbocycles. The number of hydrogen-bond acceptors (Lipinski definition) is 5. The molecule has 0 radical (unpaired) electrons. The molecule has 1 N–H and O–H groups in total. The molecule has 0 atom stereocenters. The lowest BCUT2D eigenvalue weighted by atomic mass is 10.2. The van der Waals surface area contributed by atoms with Crippen molar-refractivity contribution >= 4 is 23.4 Å². The van der Waals surface area contributed by atoms with Gasteiger partial charge in [-0.1, -0.05) is 11.8 Å². The van der Waals surface area contributed by atoms with Gasteiger partial charge in [-0.2, -0.15) is 13.2 Å². The molecule has 2 aromatic heterocycles. The number of aromatic nitrogens is 3. The lowest BCUT2D eigenvalue weighted by molar-refractivity contribution is -0.137. The number of benzene rings is 1. The fourth-order valence-corrected chi connectivity index (χ4v) is 3.07. The minimum atomic E-state index is -4.41. The van der Waals surface area contributed by atoms with Crippen LogP contribution in [-0.4, -0.2) is 26.4 Å². The number of amides is 1. The van der Waals surface area contributed by atoms with Crippen molar-refractivity contribution in [2.75, 3.05) is 11.1 Å². The number of nitrogens with one attached hydrogen (secondary N) is 1. The first kappa shape index (κ1) is 19.0. The average molecular weight is 396 g/mol. The molecule has 0 saturated carbocycles. The number of rotatable bonds is 5. The van der Waals surface area contributed by atoms with Crippen molar-refractivity contribution in [3.05, 3.63) is 47.9 Å². The van der Waals surface area contributed by atoms with Crippen LogP contribution in [0.2, 0.25) is 0 Å². The Bertz CT molecular complexity index is 948. The Morgan fingerprint density at radius 3 is 2.52 bits per heavy atom. The second kappa shape index (κ2) is 7.47. The highest BCUT2D eigenvalue weighted by Crippen LogP contribution is 2.30. The molecular weight excluding hydrogens is 381 g/mol. The van der Waals surface area contributed by atoms with E-state index in [0.717, 1.165) is 17.7 Å². The molecule has 10 heteroatoms. The molecule has 0 fully saturated rings. The molecule has 1 amide bonds. The highest BCUT2D eigenvalue weighted by atomic mass is 32.2. The van der Waals surface area contributed by atoms with E-state index in [0.29, 0.717) is 22.4 Å². The van der Waals surface area contributed by atoms with E-state index < -0.39 is 11.7 Å². The van der Waals surface area contributed by atoms with Crippen molar-refractivity contribution in [1.29, 1.82) is 0 Å². The van der Waals surface area contributed by atoms with Gasteiger partial charge in [-0.3, -0.25) is 4.79 Å². The van der Waals surface area contributed by atoms with Crippen molar-refractivity contribution in [3.63, 3.8) is 0 Å². The van der Waals surface area contributed by atoms with Crippen LogP contribution in [0.25, 0.3) is 11.4 Å². The number of carbonyl (C=O) groups is 1. The number of anilines is 1. The Morgan fingerprint density at radius 2 is 1.93 bits per heavy atom. The van der Waals surface area contributed by atoms with Crippen LogP contribution >= 0.6 is 11.8 Å². The van der Waals surface area contributed by atoms with Gasteiger partial charge in [0.05, 0.1) is 23.1 Å². The van der Waals surface area contributed by atoms with Crippen LogP contribution in [0.4, 0.5) is 18.9 Å². The summed E-state index contributed by atoms with van der Waals surface area (Å²) in [5, 5.41) is 11.3. The van der Waals surface area contributed by atoms with E-state index in [2.05, 4.69) is 15.5 Å². The molecule has 1 aromatic carbocycles. The first-order valence-electron chi connectivity index (χ1n) is 7.79. The van der Waals surface area contributed by atoms with Gasteiger partial charge in [-0.15, -0.1) is 10.2 Å². The smallest absolute Gasteiger partial charge is 0.416 e. The number of thioether (sulfide) groups is 1. The van der Waals surface area contributed by atoms with Gasteiger partial charge < -0.3 is 14.3 Å². The zero-order valence-electron chi connectivity index (χ0n) is 14.4. The molecule has 0 spiro atoms. The molecule has 6 nitrogen and oxygen atoms in total. The Balaban J connectivity index is 1.60. The quantitative estimate of drug-likeness (QED) is 0.657. The fourth-order valence-electron chi connectivity index (χ4n) is 2.36. The Morgan fingerprint density at radius 1 is 1.22 bits per heavy atom. The van der Waals surface area contributed by atoms with E-state index in [4.69, 9.17) is 4.42 Å². The number of aryl methyl sites for hydroxylation is 1. The molecule has 3 rings (SSSR count). The number of hydrogen-bond donors (Lipinski definition) is 1. The molecule has 0 saturated heterocycles. The van der Waals surface area contributed by atoms with Gasteiger partial charge in [-0.05, 0) is 37.3 Å². The third-order valence-corrected chi connectivity index (χ3v) is 4.78. The van der Waals surface area contributed by atoms with Gasteiger partial charge in [0, 0.05) is 12.7 Å². The standard InChI is InChI=1S/C17H15F3N4O2S/c1-10-13(7-8-26-10)15-22-23-16(24(15)2)27-9-14(25)21-12-5-3-11(4-6-12)17(18,19)20/h3-8H,9H2,1-2H3,(H,21,25). The normalized spacial score (nSPS) is 11.6. The van der Waals surface area contributed by atoms with Crippen LogP contribution in [0.1, 0.15) is 11.3 Å². The van der Waals surface area contributed by atoms with Crippen molar-refractivity contribution < 1.29 is 22.4 Å². The van der Waals surface area contributed by atoms with Gasteiger partial charge in [0.1, 0.15) is 5.76 Å². The highest BCUT2D eigenvalue weighted by Gasteiger charge is 2.30. The van der Waals surface area contributed by atoms with E-state index in [9.17, 15) is 18.0 Å². The van der Waals surface area contributed by atoms with E-state index in [-0.39, 0.29) is 11.7 Å². The van der Waals surface area contributed by atoms with E-state index in [1.54, 1.807) is 23.9 Å². The molecule has 2 heterocycles. The zero-order chi connectivity index (χ0) is 19.6. The number of carbonyl (C=O) groups excluding carboxylic acids is 1. The molecule has 0 unspecified atom stereocenters. The predicted octanol–water partition coefficient (Wildman–Crippen LogP) is 4.13. The van der Waals surface area contributed by atoms with E-state index in [1.165, 1.54) is 23.9 Å². The number of halogens is 3. The van der Waals surface area contributed by atoms with Gasteiger partial charge in [-0.25, -0.2) is 0 Å². The minimum absolute atomic E-state index is 0.0391. The third kappa shape index (κ3) is 4.33. The van der Waals surface area contributed by atoms with Crippen molar-refractivity contribution in [2.24, 2.45) is 7.05 Å². The molecular formula is C17H15F3N4O2S. The molecule has 0 aliphatic heterocycles. The topological polar surface area (TPSA) is 72.9 Å². The molecule has 142 valence electrons. The SMILES string of the molecule is Cc1occc1-c1nnc(SCC(=O)Nc2ccc(C(F)(F)F)cc2)n1C. The van der Waals surface area contributed by atoms with Crippen LogP contribution < -0.4 is 5.32 Å². The van der Waals surface area contributed by atoms with Gasteiger partial charge >= 0.3 is 6.18 Å². The summed E-state index contributed by atoms with van der Waals surface area (Å²) < 4.78 is 44.6. The van der Waals surface area contributed by atoms with E-state index >= 15 is 0 Å². The molecule has 27 heavy (non-hydrogen) atoms. The van der Waals surface area contributed by atoms with Crippen LogP contribution in [0.5, 0.6) is 0 Å². The Kier molecular flexibility index (Phi) is 5.26. The Hall–Kier alpha value is -2.75. The van der Waals surface area contributed by atoms with Crippen LogP contribution in [0, 0.1) is 6.92 Å². The number of furan rings is 1. The second-order valence-corrected chi connectivity index (χ2v) is 6.61. The first-order chi connectivity index (χ1) is 12.8. The maximum Gasteiger partial charge on any atom is 0.416 e. The summed E-state index contributed by atoms with van der Waals surface area (Å²) in [4.78, 5) is 12.0. The molecule has 0 bridgehead atoms. The summed E-state index contributed by atoms with van der Waals surface area (Å²) in [6, 6.07) is 6.06. The lowest BCUT2D eigenvalue weighted by Gasteiger charge is -2.08. The Labute approximate surface area is 156 Å². The number of nitrogens with zero attached hydrogens (tertiary/aromatic N) is 3. The predicted molar refractivity (Wildman–Crippen MR) is 94.2 cm³/mol. The lowest BCUT2D eigenvalue weighted by Crippen LogP contribution is -2.14. The monoisotopic (exact) mass is 396 g/mol. The zero-order valence-corrected chi connectivity index (χ0v) is 15.2. The van der Waals surface area contributed by atoms with Crippen molar-refractivity contribution in [3.8, 4) is 11.4 Å². The molecule has 0 aliphatic rings. The largest absolute Gasteiger partial charge is 0.469 e. The summed E-state index contributed by atoms with van der Waals surface area (Å²) >= 11 is 1.17. The maximum atomic E-state index is 12.5. The van der Waals surface area contributed by atoms with E-state index in [1.807, 2.05) is 6.92 Å². The van der Waals surface area contributed by atoms with Crippen molar-refractivity contribution in [2.45, 2.75) is 18.3 Å². The van der Waals surface area contributed by atoms with Crippen LogP contribution in [0.15, 0.2) is 46.2 Å². The first-order valence-corrected chi connectivity index (χ1v) is 8.78. The summed E-state index contributed by atoms with van der Waals surface area (Å²) in [5.74, 6) is 1.01. The number of alkyl halides is 3. The summed E-state index contributed by atoms with van der Waals surface area (Å²) in [6.07, 6.45) is -2.85. The highest BCUT2D eigenvalue weighted by molar-refractivity contribution is 7.99. The van der Waals surface area contributed by atoms with Gasteiger partial charge in [0.25, 0.3) is 0 Å². The van der Waals surface area contributed by atoms with Crippen molar-refractivity contribution in [1.82, 2.24) is 14.8 Å². The fraction of sp³-hybridized carbons (Fsp3) is 0.235. The van der Waals surface area contributed by atoms with Gasteiger partial charge in [0.2, 0.25) is 5.91 Å². The van der Waals surface area contributed by atoms with Crippen LogP contribution in [-0.2, 0) is 18.0 Å². The average Bonchev–Trinajstić information content (AvgIpc) is 3.18. The van der Waals surface area contributed by atoms with Crippen LogP contribution in [0.3, 0.4) is 0 Å². The summed E-state index contributed by atoms with van der Waals surface area (Å²) in [7, 11) is 1.78. The maximum absolute atomic E-state index is 12.5. The summed E-state index contributed by atoms with van der Waals surface area (Å²) in [5.41, 5.74) is 0.336. The minimum Gasteiger partial charge on any atom is -0.469 e. The summed E-state index contributed by atoms with van der Waals surface area (Å²) in [6.45, 7) is 1.81. The van der Waals surface area contributed by atoms with Gasteiger partial charge in [0.15, 0.2) is 11.0 Å². The molecule has 3 aromatic rings. The third-order valence-electron chi connectivity index (χ3n) is 3.76. The second-order valence-electron chi connectivity index (χ2n) is 5.67.